The van der Waals surface area contributed by atoms with Gasteiger partial charge in [0, 0.05) is 6.54 Å². The lowest BCUT2D eigenvalue weighted by molar-refractivity contribution is -0.0968. The highest BCUT2D eigenvalue weighted by Crippen LogP contribution is 2.33. The Morgan fingerprint density at radius 2 is 1.95 bits per heavy atom. The van der Waals surface area contributed by atoms with Crippen molar-refractivity contribution in [3.8, 4) is 5.75 Å². The summed E-state index contributed by atoms with van der Waals surface area (Å²) in [7, 11) is 0. The van der Waals surface area contributed by atoms with Gasteiger partial charge in [0.15, 0.2) is 0 Å². The van der Waals surface area contributed by atoms with E-state index < -0.39 is 11.9 Å². The van der Waals surface area contributed by atoms with Gasteiger partial charge in [-0.25, -0.2) is 0 Å². The minimum absolute atomic E-state index is 0.164. The van der Waals surface area contributed by atoms with Crippen LogP contribution < -0.4 is 5.32 Å². The first-order valence-corrected chi connectivity index (χ1v) is 7.83. The predicted molar refractivity (Wildman–Crippen MR) is 85.9 cm³/mol. The van der Waals surface area contributed by atoms with Crippen molar-refractivity contribution in [3.05, 3.63) is 40.0 Å². The van der Waals surface area contributed by atoms with E-state index >= 15 is 0 Å². The van der Waals surface area contributed by atoms with Crippen LogP contribution in [0.5, 0.6) is 5.75 Å². The zero-order chi connectivity index (χ0) is 17.0. The highest BCUT2D eigenvalue weighted by atomic mass is 79.9. The quantitative estimate of drug-likeness (QED) is 0.660. The molecule has 0 aliphatic carbocycles. The number of hydrogen-bond acceptors (Lipinski definition) is 2. The number of benzene rings is 1. The van der Waals surface area contributed by atoms with Gasteiger partial charge in [-0.05, 0) is 58.8 Å². The van der Waals surface area contributed by atoms with Crippen molar-refractivity contribution in [1.82, 2.24) is 5.32 Å². The summed E-state index contributed by atoms with van der Waals surface area (Å²) in [5.41, 5.74) is 0.0237. The molecule has 2 nitrogen and oxygen atoms in total. The molecule has 2 N–H and O–H groups in total. The third kappa shape index (κ3) is 5.23. The van der Waals surface area contributed by atoms with Gasteiger partial charge < -0.3 is 10.4 Å². The van der Waals surface area contributed by atoms with E-state index in [1.807, 2.05) is 19.9 Å². The highest BCUT2D eigenvalue weighted by molar-refractivity contribution is 9.10. The third-order valence-corrected chi connectivity index (χ3v) is 4.29. The largest absolute Gasteiger partial charge is 0.507 e. The van der Waals surface area contributed by atoms with Crippen molar-refractivity contribution in [3.63, 3.8) is 0 Å². The molecule has 124 valence electrons. The lowest BCUT2D eigenvalue weighted by atomic mass is 9.80. The van der Waals surface area contributed by atoms with E-state index in [0.717, 1.165) is 11.6 Å². The number of phenols is 1. The van der Waals surface area contributed by atoms with Crippen molar-refractivity contribution in [2.45, 2.75) is 45.2 Å². The van der Waals surface area contributed by atoms with E-state index in [1.54, 1.807) is 12.1 Å². The van der Waals surface area contributed by atoms with Crippen LogP contribution in [0.25, 0.3) is 0 Å². The Labute approximate surface area is 137 Å². The zero-order valence-electron chi connectivity index (χ0n) is 12.9. The number of halogens is 4. The molecule has 1 aromatic carbocycles. The maximum Gasteiger partial charge on any atom is 0.430 e. The molecule has 0 amide bonds. The first-order chi connectivity index (χ1) is 10.1. The fraction of sp³-hybridized carbons (Fsp3) is 0.500. The van der Waals surface area contributed by atoms with Crippen molar-refractivity contribution in [2.24, 2.45) is 0 Å². The monoisotopic (exact) mass is 379 g/mol. The van der Waals surface area contributed by atoms with Gasteiger partial charge in [0.25, 0.3) is 0 Å². The Morgan fingerprint density at radius 3 is 2.45 bits per heavy atom. The van der Waals surface area contributed by atoms with Gasteiger partial charge in [0.2, 0.25) is 0 Å². The summed E-state index contributed by atoms with van der Waals surface area (Å²) in [6, 6.07) is 5.36. The Kier molecular flexibility index (Phi) is 6.35. The average Bonchev–Trinajstić information content (AvgIpc) is 2.40. The number of hydrogen-bond donors (Lipinski definition) is 2. The molecule has 0 radical (unpaired) electrons. The van der Waals surface area contributed by atoms with Crippen molar-refractivity contribution >= 4 is 15.9 Å². The number of aromatic hydroxyl groups is 1. The third-order valence-electron chi connectivity index (χ3n) is 3.62. The van der Waals surface area contributed by atoms with Gasteiger partial charge in [-0.15, -0.1) is 0 Å². The number of phenolic OH excluding ortho intramolecular Hbond substituents is 1. The second-order valence-electron chi connectivity index (χ2n) is 5.78. The lowest BCUT2D eigenvalue weighted by Gasteiger charge is -2.26. The van der Waals surface area contributed by atoms with Crippen LogP contribution in [0.2, 0.25) is 0 Å². The normalized spacial score (nSPS) is 13.3. The molecular weight excluding hydrogens is 359 g/mol. The molecule has 0 unspecified atom stereocenters. The molecule has 0 fully saturated rings. The van der Waals surface area contributed by atoms with Crippen LogP contribution in [-0.4, -0.2) is 17.8 Å². The van der Waals surface area contributed by atoms with Gasteiger partial charge in [0.05, 0.1) is 4.47 Å². The van der Waals surface area contributed by atoms with Crippen molar-refractivity contribution in [1.29, 1.82) is 0 Å². The van der Waals surface area contributed by atoms with Crippen LogP contribution in [-0.2, 0) is 5.41 Å². The molecule has 0 spiro atoms. The highest BCUT2D eigenvalue weighted by Gasteiger charge is 2.32. The summed E-state index contributed by atoms with van der Waals surface area (Å²) >= 11 is 3.23. The number of nitrogens with one attached hydrogen (secondary N) is 1. The van der Waals surface area contributed by atoms with Crippen molar-refractivity contribution in [2.75, 3.05) is 6.54 Å². The van der Waals surface area contributed by atoms with Gasteiger partial charge >= 0.3 is 6.18 Å². The summed E-state index contributed by atoms with van der Waals surface area (Å²) in [6.07, 6.45) is -1.99. The summed E-state index contributed by atoms with van der Waals surface area (Å²) in [5, 5.41) is 12.2. The van der Waals surface area contributed by atoms with Crippen LogP contribution >= 0.6 is 15.9 Å². The van der Waals surface area contributed by atoms with Crippen LogP contribution in [0, 0.1) is 0 Å². The van der Waals surface area contributed by atoms with Crippen LogP contribution in [0.4, 0.5) is 13.2 Å². The maximum atomic E-state index is 12.6. The molecule has 0 aliphatic rings. The molecule has 0 aromatic heterocycles. The Balaban J connectivity index is 2.58. The predicted octanol–water partition coefficient (Wildman–Crippen LogP) is 5.27. The van der Waals surface area contributed by atoms with Crippen LogP contribution in [0.3, 0.4) is 0 Å². The standard InChI is InChI=1S/C16H21BrF3NO/c1-4-14(16(18,19)20)21-9-5-8-15(2,3)11-6-7-12(17)13(22)10-11/h4,6-7,10,21-22H,5,8-9H2,1-3H3/b14-4-. The fourth-order valence-electron chi connectivity index (χ4n) is 2.20. The molecule has 1 aromatic rings. The molecule has 0 heterocycles. The maximum absolute atomic E-state index is 12.6. The summed E-state index contributed by atoms with van der Waals surface area (Å²) in [5.74, 6) is 0.164. The minimum atomic E-state index is -4.33. The van der Waals surface area contributed by atoms with E-state index in [2.05, 4.69) is 21.2 Å². The fourth-order valence-corrected chi connectivity index (χ4v) is 2.44. The van der Waals surface area contributed by atoms with E-state index in [-0.39, 0.29) is 17.7 Å². The first-order valence-electron chi connectivity index (χ1n) is 7.04. The molecule has 1 rings (SSSR count). The smallest absolute Gasteiger partial charge is 0.430 e. The summed E-state index contributed by atoms with van der Waals surface area (Å²) in [6.45, 7) is 5.64. The Hall–Kier alpha value is -1.17. The molecule has 0 aliphatic heterocycles. The van der Waals surface area contributed by atoms with Crippen LogP contribution in [0.15, 0.2) is 34.4 Å². The van der Waals surface area contributed by atoms with Gasteiger partial charge in [-0.2, -0.15) is 13.2 Å². The lowest BCUT2D eigenvalue weighted by Crippen LogP contribution is -2.28. The van der Waals surface area contributed by atoms with Gasteiger partial charge in [-0.3, -0.25) is 0 Å². The van der Waals surface area contributed by atoms with Gasteiger partial charge in [0.1, 0.15) is 11.4 Å². The average molecular weight is 380 g/mol. The molecule has 0 saturated heterocycles. The summed E-state index contributed by atoms with van der Waals surface area (Å²) < 4.78 is 38.3. The molecule has 22 heavy (non-hydrogen) atoms. The zero-order valence-corrected chi connectivity index (χ0v) is 14.5. The number of allylic oxidation sites excluding steroid dienone is 2. The SMILES string of the molecule is C/C=C(\NCCCC(C)(C)c1ccc(Br)c(O)c1)C(F)(F)F. The van der Waals surface area contributed by atoms with Gasteiger partial charge in [-0.1, -0.05) is 26.0 Å². The van der Waals surface area contributed by atoms with E-state index in [4.69, 9.17) is 0 Å². The number of rotatable bonds is 6. The summed E-state index contributed by atoms with van der Waals surface area (Å²) in [4.78, 5) is 0. The van der Waals surface area contributed by atoms with Crippen LogP contribution in [0.1, 0.15) is 39.2 Å². The molecule has 6 heteroatoms. The molecule has 0 atom stereocenters. The topological polar surface area (TPSA) is 32.3 Å². The first kappa shape index (κ1) is 18.9. The Bertz CT molecular complexity index is 539. The molecule has 0 saturated carbocycles. The second-order valence-corrected chi connectivity index (χ2v) is 6.63. The minimum Gasteiger partial charge on any atom is -0.507 e. The molecule has 0 bridgehead atoms. The van der Waals surface area contributed by atoms with E-state index in [9.17, 15) is 18.3 Å². The van der Waals surface area contributed by atoms with E-state index in [0.29, 0.717) is 17.3 Å². The van der Waals surface area contributed by atoms with Crippen molar-refractivity contribution < 1.29 is 18.3 Å². The van der Waals surface area contributed by atoms with E-state index in [1.165, 1.54) is 6.92 Å². The second kappa shape index (κ2) is 7.40. The molecular formula is C16H21BrF3NO. The number of alkyl halides is 3. The Morgan fingerprint density at radius 1 is 1.32 bits per heavy atom.